The van der Waals surface area contributed by atoms with E-state index in [9.17, 15) is 24.3 Å². The molecule has 0 aromatic heterocycles. The Kier molecular flexibility index (Phi) is 23.8. The summed E-state index contributed by atoms with van der Waals surface area (Å²) in [7, 11) is 0.134. The molecule has 0 aromatic carbocycles. The lowest BCUT2D eigenvalue weighted by atomic mass is 9.73. The number of Topliss-reactive ketones (excluding diaryl/α,β-unsaturated/α-hetero) is 2. The normalized spacial score (nSPS) is 35.4. The molecule has 4 aliphatic rings. The van der Waals surface area contributed by atoms with Crippen molar-refractivity contribution in [1.29, 1.82) is 0 Å². The van der Waals surface area contributed by atoms with Gasteiger partial charge in [-0.15, -0.1) is 0 Å². The van der Waals surface area contributed by atoms with Gasteiger partial charge in [0.15, 0.2) is 16.6 Å². The van der Waals surface area contributed by atoms with Crippen molar-refractivity contribution in [3.8, 4) is 0 Å². The molecule has 1 saturated carbocycles. The molecule has 14 unspecified atom stereocenters. The van der Waals surface area contributed by atoms with E-state index in [1.54, 1.807) is 28.3 Å². The Balaban J connectivity index is 1.91. The molecule has 14 nitrogen and oxygen atoms in total. The second kappa shape index (κ2) is 27.4. The van der Waals surface area contributed by atoms with Gasteiger partial charge >= 0.3 is 5.97 Å². The van der Waals surface area contributed by atoms with Gasteiger partial charge in [-0.2, -0.15) is 0 Å². The molecule has 0 aromatic rings. The van der Waals surface area contributed by atoms with E-state index in [2.05, 4.69) is 73.7 Å². The molecular formula is C58H101NO13Si2. The number of carbonyl (C=O) groups is 5. The van der Waals surface area contributed by atoms with Crippen molar-refractivity contribution in [1.82, 2.24) is 4.90 Å². The van der Waals surface area contributed by atoms with Crippen molar-refractivity contribution in [2.24, 2.45) is 29.6 Å². The van der Waals surface area contributed by atoms with Crippen LogP contribution in [-0.2, 0) is 56.5 Å². The number of aldehydes is 1. The number of hydrogen-bond donors (Lipinski definition) is 1. The highest BCUT2D eigenvalue weighted by atomic mass is 28.4. The van der Waals surface area contributed by atoms with E-state index in [0.717, 1.165) is 42.0 Å². The van der Waals surface area contributed by atoms with Crippen LogP contribution < -0.4 is 0 Å². The van der Waals surface area contributed by atoms with Crippen LogP contribution in [0.5, 0.6) is 0 Å². The number of aliphatic hydroxyl groups is 1. The Morgan fingerprint density at radius 2 is 1.53 bits per heavy atom. The summed E-state index contributed by atoms with van der Waals surface area (Å²) in [6.07, 6.45) is 7.83. The highest BCUT2D eigenvalue weighted by molar-refractivity contribution is 6.74. The highest BCUT2D eigenvalue weighted by Crippen LogP contribution is 2.46. The summed E-state index contributed by atoms with van der Waals surface area (Å²) >= 11 is 0. The molecule has 14 atom stereocenters. The summed E-state index contributed by atoms with van der Waals surface area (Å²) < 4.78 is 46.1. The maximum atomic E-state index is 15.1. The first-order chi connectivity index (χ1) is 34.7. The van der Waals surface area contributed by atoms with Gasteiger partial charge in [0.25, 0.3) is 11.7 Å². The van der Waals surface area contributed by atoms with Crippen LogP contribution >= 0.6 is 0 Å². The summed E-state index contributed by atoms with van der Waals surface area (Å²) in [5.41, 5.74) is 1.22. The number of allylic oxidation sites excluding steroid dienone is 3. The minimum absolute atomic E-state index is 0.00546. The number of cyclic esters (lactones) is 1. The van der Waals surface area contributed by atoms with E-state index >= 15 is 4.79 Å². The molecule has 3 fully saturated rings. The fraction of sp³-hybridized carbons (Fsp3) is 0.845. The molecule has 1 aliphatic carbocycles. The zero-order valence-corrected chi connectivity index (χ0v) is 51.0. The van der Waals surface area contributed by atoms with Crippen molar-refractivity contribution >= 4 is 46.4 Å². The van der Waals surface area contributed by atoms with Crippen LogP contribution in [0.2, 0.25) is 36.3 Å². The van der Waals surface area contributed by atoms with Crippen molar-refractivity contribution < 1.29 is 61.6 Å². The van der Waals surface area contributed by atoms with Crippen LogP contribution in [0.25, 0.3) is 0 Å². The topological polar surface area (TPSA) is 173 Å². The van der Waals surface area contributed by atoms with Gasteiger partial charge in [0.2, 0.25) is 5.79 Å². The molecule has 3 aliphatic heterocycles. The third-order valence-electron chi connectivity index (χ3n) is 18.4. The van der Waals surface area contributed by atoms with Crippen LogP contribution in [0.15, 0.2) is 23.3 Å². The average Bonchev–Trinajstić information content (AvgIpc) is 3.36. The van der Waals surface area contributed by atoms with Gasteiger partial charge in [-0.25, -0.2) is 4.79 Å². The number of methoxy groups -OCH3 is 3. The number of piperidine rings is 1. The molecule has 0 spiro atoms. The Hall–Kier alpha value is -2.42. The largest absolute Gasteiger partial charge is 0.456 e. The van der Waals surface area contributed by atoms with Crippen LogP contribution in [0.4, 0.5) is 0 Å². The Labute approximate surface area is 448 Å². The number of hydrogen-bond acceptors (Lipinski definition) is 13. The molecule has 16 heteroatoms. The highest BCUT2D eigenvalue weighted by Gasteiger charge is 2.57. The number of ether oxygens (including phenoxy) is 5. The van der Waals surface area contributed by atoms with E-state index in [4.69, 9.17) is 32.5 Å². The molecule has 1 amide bonds. The summed E-state index contributed by atoms with van der Waals surface area (Å²) in [6, 6.07) is 1.78. The van der Waals surface area contributed by atoms with Crippen LogP contribution in [0.1, 0.15) is 167 Å². The zero-order chi connectivity index (χ0) is 55.6. The average molecular weight is 1080 g/mol. The van der Waals surface area contributed by atoms with Crippen LogP contribution in [0.3, 0.4) is 0 Å². The van der Waals surface area contributed by atoms with E-state index in [1.807, 2.05) is 27.7 Å². The number of rotatable bonds is 16. The lowest BCUT2D eigenvalue weighted by Gasteiger charge is -2.50. The fourth-order valence-electron chi connectivity index (χ4n) is 12.3. The predicted octanol–water partition coefficient (Wildman–Crippen LogP) is 10.9. The molecule has 3 heterocycles. The first kappa shape index (κ1) is 64.1. The number of amides is 1. The first-order valence-electron chi connectivity index (χ1n) is 28.4. The number of esters is 1. The zero-order valence-electron chi connectivity index (χ0n) is 49.0. The number of fused-ring (bicyclic) bond motifs is 3. The summed E-state index contributed by atoms with van der Waals surface area (Å²) in [5.74, 6) is -7.00. The molecule has 4 rings (SSSR count). The molecule has 0 radical (unpaired) electrons. The molecular weight excluding hydrogens is 975 g/mol. The number of nitrogens with zero attached hydrogens (tertiary/aromatic N) is 1. The predicted molar refractivity (Wildman–Crippen MR) is 294 cm³/mol. The van der Waals surface area contributed by atoms with Crippen LogP contribution in [0, 0.1) is 29.6 Å². The standard InChI is InChI=1S/C58H101NO13Si2/c1-18-44-32-38(5)31-39(6)33-48(66-13)52-49(67-14)35-41(8)58(65,70-52)53(62)54(63)59-29-23-22-25-45(59)55(64)69-51(42(9)47(37-46(44)61)71-73(16,17)56(10,11)12)40(7)34-43-26-28-57(27-24-30-60,50(36-43)68-15)72-74(19-2,20-3)21-4/h30,32,34,39,41-45,47-52,65H,18-29,31,33,35-37H2,1-17H3. The van der Waals surface area contributed by atoms with E-state index in [1.165, 1.54) is 4.90 Å². The van der Waals surface area contributed by atoms with Gasteiger partial charge in [0, 0.05) is 58.5 Å². The van der Waals surface area contributed by atoms with Crippen molar-refractivity contribution in [2.45, 2.75) is 257 Å². The third-order valence-corrected chi connectivity index (χ3v) is 27.6. The minimum Gasteiger partial charge on any atom is -0.456 e. The first-order valence-corrected chi connectivity index (χ1v) is 33.9. The third kappa shape index (κ3) is 15.0. The Morgan fingerprint density at radius 1 is 0.892 bits per heavy atom. The molecule has 2 saturated heterocycles. The second-order valence-electron chi connectivity index (χ2n) is 24.5. The van der Waals surface area contributed by atoms with E-state index in [0.29, 0.717) is 57.8 Å². The van der Waals surface area contributed by atoms with Crippen molar-refractivity contribution in [2.75, 3.05) is 27.9 Å². The van der Waals surface area contributed by atoms with Gasteiger partial charge in [-0.1, -0.05) is 87.0 Å². The quantitative estimate of drug-likeness (QED) is 0.0509. The summed E-state index contributed by atoms with van der Waals surface area (Å²) in [4.78, 5) is 72.5. The maximum absolute atomic E-state index is 15.1. The van der Waals surface area contributed by atoms with Crippen LogP contribution in [-0.4, -0.2) is 138 Å². The van der Waals surface area contributed by atoms with Gasteiger partial charge in [-0.05, 0) is 138 Å². The molecule has 74 heavy (non-hydrogen) atoms. The second-order valence-corrected chi connectivity index (χ2v) is 33.9. The van der Waals surface area contributed by atoms with Crippen molar-refractivity contribution in [3.63, 3.8) is 0 Å². The summed E-state index contributed by atoms with van der Waals surface area (Å²) in [6.45, 7) is 29.4. The van der Waals surface area contributed by atoms with E-state index < -0.39 is 100.0 Å². The maximum Gasteiger partial charge on any atom is 0.329 e. The van der Waals surface area contributed by atoms with Gasteiger partial charge in [0.05, 0.1) is 30.0 Å². The SMILES string of the molecule is CCC1C=C(C)CC(C)CC(OC)C2OC(O)(C(=O)C(=O)N3CCCCC3C(=O)OC(C(C)=CC3CCC(CCC=O)(O[Si](CC)(CC)CC)C(OC)C3)C(C)C(O[Si](C)(C)C(C)(C)C)CC1=O)C(C)CC2OC. The van der Waals surface area contributed by atoms with E-state index in [-0.39, 0.29) is 54.6 Å². The van der Waals surface area contributed by atoms with Crippen molar-refractivity contribution in [3.05, 3.63) is 23.3 Å². The smallest absolute Gasteiger partial charge is 0.329 e. The lowest BCUT2D eigenvalue weighted by molar-refractivity contribution is -0.302. The lowest BCUT2D eigenvalue weighted by Crippen LogP contribution is -2.64. The summed E-state index contributed by atoms with van der Waals surface area (Å²) in [5, 5.41) is 12.1. The van der Waals surface area contributed by atoms with Gasteiger partial charge < -0.3 is 47.3 Å². The Morgan fingerprint density at radius 3 is 2.09 bits per heavy atom. The Bertz CT molecular complexity index is 1940. The molecule has 1 N–H and O–H groups in total. The van der Waals surface area contributed by atoms with Gasteiger partial charge in [0.1, 0.15) is 30.3 Å². The molecule has 2 bridgehead atoms. The minimum atomic E-state index is -2.58. The monoisotopic (exact) mass is 1080 g/mol. The fourth-order valence-corrected chi connectivity index (χ4v) is 16.9. The van der Waals surface area contributed by atoms with Gasteiger partial charge in [-0.3, -0.25) is 14.4 Å². The number of ketones is 2. The molecule has 424 valence electrons. The number of carbonyl (C=O) groups excluding carboxylic acids is 5.